The number of phenols is 1. The van der Waals surface area contributed by atoms with Gasteiger partial charge in [-0.05, 0) is 72.1 Å². The van der Waals surface area contributed by atoms with E-state index in [2.05, 4.69) is 10.6 Å². The normalized spacial score (nSPS) is 14.7. The summed E-state index contributed by atoms with van der Waals surface area (Å²) in [5.41, 5.74) is 2.92. The van der Waals surface area contributed by atoms with E-state index in [0.29, 0.717) is 17.4 Å². The molecule has 0 atom stereocenters. The second-order valence-electron chi connectivity index (χ2n) is 7.13. The number of rotatable bonds is 4. The van der Waals surface area contributed by atoms with Gasteiger partial charge in [-0.2, -0.15) is 0 Å². The van der Waals surface area contributed by atoms with Crippen molar-refractivity contribution in [3.05, 3.63) is 65.7 Å². The molecule has 0 aliphatic carbocycles. The van der Waals surface area contributed by atoms with Crippen LogP contribution in [0.15, 0.2) is 54.6 Å². The number of carbonyl (C=O) groups is 2. The van der Waals surface area contributed by atoms with Crippen LogP contribution in [0.5, 0.6) is 5.75 Å². The number of carbonyl (C=O) groups excluding carboxylic acids is 2. The summed E-state index contributed by atoms with van der Waals surface area (Å²) in [4.78, 5) is 23.7. The first-order chi connectivity index (χ1) is 13.7. The molecule has 142 valence electrons. The van der Waals surface area contributed by atoms with Gasteiger partial charge in [0, 0.05) is 11.6 Å². The molecular formula is C23H22N2O3. The summed E-state index contributed by atoms with van der Waals surface area (Å²) in [5, 5.41) is 17.8. The summed E-state index contributed by atoms with van der Waals surface area (Å²) >= 11 is 0. The number of hydrogen-bond acceptors (Lipinski definition) is 4. The van der Waals surface area contributed by atoms with E-state index in [1.54, 1.807) is 6.07 Å². The van der Waals surface area contributed by atoms with Crippen molar-refractivity contribution in [1.82, 2.24) is 10.6 Å². The van der Waals surface area contributed by atoms with E-state index in [4.69, 9.17) is 0 Å². The molecule has 1 aliphatic heterocycles. The molecule has 4 rings (SSSR count). The van der Waals surface area contributed by atoms with Gasteiger partial charge in [-0.25, -0.2) is 0 Å². The summed E-state index contributed by atoms with van der Waals surface area (Å²) in [5.74, 6) is -0.0533. The van der Waals surface area contributed by atoms with Crippen molar-refractivity contribution in [3.63, 3.8) is 0 Å². The van der Waals surface area contributed by atoms with Crippen LogP contribution in [-0.4, -0.2) is 36.4 Å². The van der Waals surface area contributed by atoms with Crippen LogP contribution in [0.2, 0.25) is 0 Å². The number of aromatic hydroxyl groups is 1. The largest absolute Gasteiger partial charge is 0.507 e. The molecule has 28 heavy (non-hydrogen) atoms. The molecule has 1 amide bonds. The molecule has 3 N–H and O–H groups in total. The van der Waals surface area contributed by atoms with E-state index < -0.39 is 0 Å². The molecule has 1 heterocycles. The molecule has 1 fully saturated rings. The molecule has 0 saturated carbocycles. The smallest absolute Gasteiger partial charge is 0.251 e. The van der Waals surface area contributed by atoms with Gasteiger partial charge >= 0.3 is 0 Å². The fourth-order valence-electron chi connectivity index (χ4n) is 3.69. The molecule has 5 nitrogen and oxygen atoms in total. The molecule has 3 aromatic carbocycles. The third-order valence-electron chi connectivity index (χ3n) is 5.31. The van der Waals surface area contributed by atoms with Crippen LogP contribution in [0.1, 0.15) is 33.6 Å². The maximum atomic E-state index is 12.4. The van der Waals surface area contributed by atoms with Crippen molar-refractivity contribution >= 4 is 23.0 Å². The van der Waals surface area contributed by atoms with Gasteiger partial charge in [0.2, 0.25) is 0 Å². The molecule has 3 aromatic rings. The van der Waals surface area contributed by atoms with Crippen LogP contribution in [0.3, 0.4) is 0 Å². The van der Waals surface area contributed by atoms with E-state index in [1.807, 2.05) is 42.5 Å². The number of phenolic OH excluding ortho intramolecular Hbond substituents is 1. The van der Waals surface area contributed by atoms with Gasteiger partial charge in [0.15, 0.2) is 6.29 Å². The summed E-state index contributed by atoms with van der Waals surface area (Å²) in [6.45, 7) is 1.88. The summed E-state index contributed by atoms with van der Waals surface area (Å²) < 4.78 is 0. The maximum Gasteiger partial charge on any atom is 0.251 e. The number of hydrogen-bond donors (Lipinski definition) is 3. The number of fused-ring (bicyclic) bond motifs is 1. The average Bonchev–Trinajstić information content (AvgIpc) is 2.74. The highest BCUT2D eigenvalue weighted by molar-refractivity contribution is 6.02. The van der Waals surface area contributed by atoms with E-state index in [1.165, 1.54) is 6.07 Å². The zero-order chi connectivity index (χ0) is 19.5. The lowest BCUT2D eigenvalue weighted by Gasteiger charge is -2.23. The van der Waals surface area contributed by atoms with Crippen molar-refractivity contribution in [1.29, 1.82) is 0 Å². The van der Waals surface area contributed by atoms with Crippen molar-refractivity contribution < 1.29 is 14.7 Å². The third-order valence-corrected chi connectivity index (χ3v) is 5.31. The fourth-order valence-corrected chi connectivity index (χ4v) is 3.69. The molecule has 0 spiro atoms. The van der Waals surface area contributed by atoms with E-state index >= 15 is 0 Å². The molecule has 0 bridgehead atoms. The fraction of sp³-hybridized carbons (Fsp3) is 0.217. The second kappa shape index (κ2) is 7.82. The summed E-state index contributed by atoms with van der Waals surface area (Å²) in [6.07, 6.45) is 2.59. The zero-order valence-electron chi connectivity index (χ0n) is 15.4. The third kappa shape index (κ3) is 3.62. The summed E-state index contributed by atoms with van der Waals surface area (Å²) in [7, 11) is 0. The number of aldehydes is 1. The van der Waals surface area contributed by atoms with Crippen LogP contribution in [0.25, 0.3) is 21.9 Å². The Morgan fingerprint density at radius 2 is 1.71 bits per heavy atom. The Morgan fingerprint density at radius 3 is 2.43 bits per heavy atom. The molecule has 0 unspecified atom stereocenters. The van der Waals surface area contributed by atoms with Gasteiger partial charge in [-0.3, -0.25) is 9.59 Å². The predicted octanol–water partition coefficient (Wildman–Crippen LogP) is 3.51. The lowest BCUT2D eigenvalue weighted by atomic mass is 9.97. The highest BCUT2D eigenvalue weighted by atomic mass is 16.3. The quantitative estimate of drug-likeness (QED) is 0.611. The van der Waals surface area contributed by atoms with Gasteiger partial charge < -0.3 is 15.7 Å². The number of benzene rings is 3. The molecule has 5 heteroatoms. The Kier molecular flexibility index (Phi) is 5.08. The number of piperidine rings is 1. The summed E-state index contributed by atoms with van der Waals surface area (Å²) in [6, 6.07) is 16.8. The van der Waals surface area contributed by atoms with Crippen LogP contribution < -0.4 is 10.6 Å². The van der Waals surface area contributed by atoms with Gasteiger partial charge in [0.05, 0.1) is 5.56 Å². The van der Waals surface area contributed by atoms with E-state index in [0.717, 1.165) is 47.8 Å². The first kappa shape index (κ1) is 18.2. The molecule has 0 aromatic heterocycles. The van der Waals surface area contributed by atoms with Crippen molar-refractivity contribution in [2.24, 2.45) is 0 Å². The van der Waals surface area contributed by atoms with Crippen LogP contribution in [-0.2, 0) is 0 Å². The lowest BCUT2D eigenvalue weighted by Crippen LogP contribution is -2.42. The lowest BCUT2D eigenvalue weighted by molar-refractivity contribution is 0.0929. The predicted molar refractivity (Wildman–Crippen MR) is 110 cm³/mol. The van der Waals surface area contributed by atoms with Crippen molar-refractivity contribution in [3.8, 4) is 16.9 Å². The first-order valence-corrected chi connectivity index (χ1v) is 9.48. The van der Waals surface area contributed by atoms with Crippen molar-refractivity contribution in [2.45, 2.75) is 18.9 Å². The minimum Gasteiger partial charge on any atom is -0.507 e. The zero-order valence-corrected chi connectivity index (χ0v) is 15.4. The van der Waals surface area contributed by atoms with E-state index in [9.17, 15) is 14.7 Å². The molecular weight excluding hydrogens is 352 g/mol. The highest BCUT2D eigenvalue weighted by Gasteiger charge is 2.16. The molecule has 1 aliphatic rings. The van der Waals surface area contributed by atoms with Gasteiger partial charge in [-0.15, -0.1) is 0 Å². The molecule has 0 radical (unpaired) electrons. The van der Waals surface area contributed by atoms with E-state index in [-0.39, 0.29) is 17.7 Å². The van der Waals surface area contributed by atoms with Crippen LogP contribution >= 0.6 is 0 Å². The minimum absolute atomic E-state index is 0.0145. The maximum absolute atomic E-state index is 12.4. The second-order valence-corrected chi connectivity index (χ2v) is 7.13. The minimum atomic E-state index is -0.0388. The Bertz CT molecular complexity index is 1020. The van der Waals surface area contributed by atoms with Gasteiger partial charge in [-0.1, -0.05) is 30.3 Å². The van der Waals surface area contributed by atoms with Crippen LogP contribution in [0.4, 0.5) is 0 Å². The Hall–Kier alpha value is -3.18. The monoisotopic (exact) mass is 374 g/mol. The standard InChI is InChI=1S/C23H22N2O3/c26-14-21-20-7-5-17(13-18(20)6-8-22(21)27)15-1-3-16(4-2-15)23(28)25-19-9-11-24-12-10-19/h1-8,13-14,19,24,27H,9-12H2,(H,25,28). The Labute approximate surface area is 163 Å². The Morgan fingerprint density at radius 1 is 1.00 bits per heavy atom. The topological polar surface area (TPSA) is 78.4 Å². The highest BCUT2D eigenvalue weighted by Crippen LogP contribution is 2.30. The Balaban J connectivity index is 1.55. The van der Waals surface area contributed by atoms with Crippen LogP contribution in [0, 0.1) is 0 Å². The number of amides is 1. The van der Waals surface area contributed by atoms with Gasteiger partial charge in [0.25, 0.3) is 5.91 Å². The SMILES string of the molecule is O=Cc1c(O)ccc2cc(-c3ccc(C(=O)NC4CCNCC4)cc3)ccc12. The van der Waals surface area contributed by atoms with Crippen molar-refractivity contribution in [2.75, 3.05) is 13.1 Å². The average molecular weight is 374 g/mol. The first-order valence-electron chi connectivity index (χ1n) is 9.48. The molecule has 1 saturated heterocycles. The van der Waals surface area contributed by atoms with Gasteiger partial charge in [0.1, 0.15) is 5.75 Å². The number of nitrogens with one attached hydrogen (secondary N) is 2.